The number of phenolic OH excluding ortho intramolecular Hbond substituents is 1. The van der Waals surface area contributed by atoms with Gasteiger partial charge in [-0.1, -0.05) is 26.0 Å². The lowest BCUT2D eigenvalue weighted by Crippen LogP contribution is -2.11. The third-order valence-corrected chi connectivity index (χ3v) is 2.26. The SMILES string of the molecule is CC(C)c1ccc(O)c(CN(C)C)c1. The molecule has 1 rings (SSSR count). The van der Waals surface area contributed by atoms with Gasteiger partial charge in [0.15, 0.2) is 0 Å². The molecule has 0 aliphatic heterocycles. The van der Waals surface area contributed by atoms with Gasteiger partial charge in [-0.15, -0.1) is 0 Å². The Morgan fingerprint density at radius 1 is 1.29 bits per heavy atom. The number of aromatic hydroxyl groups is 1. The van der Waals surface area contributed by atoms with Gasteiger partial charge in [0.25, 0.3) is 0 Å². The third kappa shape index (κ3) is 2.74. The molecule has 78 valence electrons. The van der Waals surface area contributed by atoms with Gasteiger partial charge in [0, 0.05) is 12.1 Å². The monoisotopic (exact) mass is 193 g/mol. The predicted molar refractivity (Wildman–Crippen MR) is 59.6 cm³/mol. The zero-order valence-corrected chi connectivity index (χ0v) is 9.41. The summed E-state index contributed by atoms with van der Waals surface area (Å²) in [6.07, 6.45) is 0. The predicted octanol–water partition coefficient (Wildman–Crippen LogP) is 2.58. The van der Waals surface area contributed by atoms with Crippen molar-refractivity contribution in [3.8, 4) is 5.75 Å². The summed E-state index contributed by atoms with van der Waals surface area (Å²) in [7, 11) is 4.00. The van der Waals surface area contributed by atoms with Crippen LogP contribution in [0.3, 0.4) is 0 Å². The van der Waals surface area contributed by atoms with E-state index in [0.717, 1.165) is 12.1 Å². The van der Waals surface area contributed by atoms with Crippen molar-refractivity contribution in [1.29, 1.82) is 0 Å². The molecule has 0 radical (unpaired) electrons. The number of nitrogens with zero attached hydrogens (tertiary/aromatic N) is 1. The molecular weight excluding hydrogens is 174 g/mol. The maximum absolute atomic E-state index is 9.64. The Morgan fingerprint density at radius 3 is 2.43 bits per heavy atom. The zero-order chi connectivity index (χ0) is 10.7. The van der Waals surface area contributed by atoms with Gasteiger partial charge in [-0.05, 0) is 31.6 Å². The van der Waals surface area contributed by atoms with Gasteiger partial charge in [0.2, 0.25) is 0 Å². The first-order chi connectivity index (χ1) is 6.50. The van der Waals surface area contributed by atoms with E-state index in [-0.39, 0.29) is 0 Å². The number of benzene rings is 1. The molecule has 0 heterocycles. The van der Waals surface area contributed by atoms with Crippen LogP contribution in [0.2, 0.25) is 0 Å². The molecule has 14 heavy (non-hydrogen) atoms. The highest BCUT2D eigenvalue weighted by molar-refractivity contribution is 5.37. The van der Waals surface area contributed by atoms with Crippen molar-refractivity contribution in [2.75, 3.05) is 14.1 Å². The van der Waals surface area contributed by atoms with Crippen LogP contribution in [0.5, 0.6) is 5.75 Å². The lowest BCUT2D eigenvalue weighted by molar-refractivity contribution is 0.385. The smallest absolute Gasteiger partial charge is 0.120 e. The summed E-state index contributed by atoms with van der Waals surface area (Å²) < 4.78 is 0. The number of phenols is 1. The van der Waals surface area contributed by atoms with Gasteiger partial charge in [0.05, 0.1) is 0 Å². The summed E-state index contributed by atoms with van der Waals surface area (Å²) in [4.78, 5) is 2.05. The molecular formula is C12H19NO. The van der Waals surface area contributed by atoms with E-state index >= 15 is 0 Å². The fourth-order valence-corrected chi connectivity index (χ4v) is 1.43. The molecule has 0 amide bonds. The molecule has 0 atom stereocenters. The van der Waals surface area contributed by atoms with Crippen molar-refractivity contribution < 1.29 is 5.11 Å². The standard InChI is InChI=1S/C12H19NO/c1-9(2)10-5-6-12(14)11(7-10)8-13(3)4/h5-7,9,14H,8H2,1-4H3. The first kappa shape index (κ1) is 11.1. The Kier molecular flexibility index (Phi) is 3.53. The quantitative estimate of drug-likeness (QED) is 0.797. The summed E-state index contributed by atoms with van der Waals surface area (Å²) in [5, 5.41) is 9.64. The van der Waals surface area contributed by atoms with Crippen molar-refractivity contribution in [2.24, 2.45) is 0 Å². The highest BCUT2D eigenvalue weighted by Crippen LogP contribution is 2.23. The minimum Gasteiger partial charge on any atom is -0.508 e. The normalized spacial score (nSPS) is 11.3. The van der Waals surface area contributed by atoms with E-state index in [1.807, 2.05) is 20.2 Å². The van der Waals surface area contributed by atoms with Gasteiger partial charge in [0.1, 0.15) is 5.75 Å². The van der Waals surface area contributed by atoms with Crippen LogP contribution < -0.4 is 0 Å². The summed E-state index contributed by atoms with van der Waals surface area (Å²) in [6, 6.07) is 5.85. The molecule has 0 spiro atoms. The number of hydrogen-bond donors (Lipinski definition) is 1. The van der Waals surface area contributed by atoms with Crippen molar-refractivity contribution in [1.82, 2.24) is 4.90 Å². The number of hydrogen-bond acceptors (Lipinski definition) is 2. The zero-order valence-electron chi connectivity index (χ0n) is 9.41. The van der Waals surface area contributed by atoms with Crippen LogP contribution in [0, 0.1) is 0 Å². The molecule has 1 N–H and O–H groups in total. The van der Waals surface area contributed by atoms with Crippen LogP contribution in [0.15, 0.2) is 18.2 Å². The second kappa shape index (κ2) is 4.47. The number of rotatable bonds is 3. The molecule has 0 aliphatic carbocycles. The van der Waals surface area contributed by atoms with E-state index < -0.39 is 0 Å². The Morgan fingerprint density at radius 2 is 1.93 bits per heavy atom. The molecule has 0 unspecified atom stereocenters. The Labute approximate surface area is 86.2 Å². The maximum Gasteiger partial charge on any atom is 0.120 e. The van der Waals surface area contributed by atoms with Crippen molar-refractivity contribution in [3.05, 3.63) is 29.3 Å². The van der Waals surface area contributed by atoms with Gasteiger partial charge in [-0.2, -0.15) is 0 Å². The van der Waals surface area contributed by atoms with E-state index in [1.54, 1.807) is 6.07 Å². The van der Waals surface area contributed by atoms with Crippen LogP contribution >= 0.6 is 0 Å². The van der Waals surface area contributed by atoms with Crippen LogP contribution in [-0.4, -0.2) is 24.1 Å². The molecule has 0 bridgehead atoms. The third-order valence-electron chi connectivity index (χ3n) is 2.26. The van der Waals surface area contributed by atoms with E-state index in [1.165, 1.54) is 5.56 Å². The molecule has 0 aliphatic rings. The average Bonchev–Trinajstić information content (AvgIpc) is 2.07. The van der Waals surface area contributed by atoms with E-state index in [4.69, 9.17) is 0 Å². The second-order valence-electron chi connectivity index (χ2n) is 4.28. The van der Waals surface area contributed by atoms with E-state index in [9.17, 15) is 5.11 Å². The highest BCUT2D eigenvalue weighted by Gasteiger charge is 2.05. The largest absolute Gasteiger partial charge is 0.508 e. The fourth-order valence-electron chi connectivity index (χ4n) is 1.43. The van der Waals surface area contributed by atoms with Gasteiger partial charge in [-0.25, -0.2) is 0 Å². The summed E-state index contributed by atoms with van der Waals surface area (Å²) in [5.41, 5.74) is 2.28. The van der Waals surface area contributed by atoms with Crippen molar-refractivity contribution >= 4 is 0 Å². The first-order valence-electron chi connectivity index (χ1n) is 4.97. The fraction of sp³-hybridized carbons (Fsp3) is 0.500. The van der Waals surface area contributed by atoms with Crippen molar-refractivity contribution in [3.63, 3.8) is 0 Å². The van der Waals surface area contributed by atoms with Crippen LogP contribution in [0.4, 0.5) is 0 Å². The lowest BCUT2D eigenvalue weighted by atomic mass is 10.00. The molecule has 0 saturated heterocycles. The van der Waals surface area contributed by atoms with Gasteiger partial charge < -0.3 is 10.0 Å². The average molecular weight is 193 g/mol. The first-order valence-corrected chi connectivity index (χ1v) is 4.97. The maximum atomic E-state index is 9.64. The summed E-state index contributed by atoms with van der Waals surface area (Å²) >= 11 is 0. The molecule has 1 aromatic carbocycles. The molecule has 2 nitrogen and oxygen atoms in total. The van der Waals surface area contributed by atoms with Gasteiger partial charge in [-0.3, -0.25) is 0 Å². The topological polar surface area (TPSA) is 23.5 Å². The molecule has 1 aromatic rings. The highest BCUT2D eigenvalue weighted by atomic mass is 16.3. The van der Waals surface area contributed by atoms with E-state index in [0.29, 0.717) is 11.7 Å². The lowest BCUT2D eigenvalue weighted by Gasteiger charge is -2.13. The van der Waals surface area contributed by atoms with Gasteiger partial charge >= 0.3 is 0 Å². The Bertz CT molecular complexity index is 305. The van der Waals surface area contributed by atoms with Crippen LogP contribution in [0.25, 0.3) is 0 Å². The molecule has 0 fully saturated rings. The molecule has 0 saturated carbocycles. The van der Waals surface area contributed by atoms with E-state index in [2.05, 4.69) is 24.8 Å². The second-order valence-corrected chi connectivity index (χ2v) is 4.28. The minimum absolute atomic E-state index is 0.392. The van der Waals surface area contributed by atoms with Crippen LogP contribution in [-0.2, 0) is 6.54 Å². The van der Waals surface area contributed by atoms with Crippen LogP contribution in [0.1, 0.15) is 30.9 Å². The molecule has 2 heteroatoms. The van der Waals surface area contributed by atoms with Crippen molar-refractivity contribution in [2.45, 2.75) is 26.3 Å². The summed E-state index contributed by atoms with van der Waals surface area (Å²) in [6.45, 7) is 5.10. The Balaban J connectivity index is 2.96. The Hall–Kier alpha value is -1.02. The minimum atomic E-state index is 0.392. The summed E-state index contributed by atoms with van der Waals surface area (Å²) in [5.74, 6) is 0.902. The molecule has 0 aromatic heterocycles.